The van der Waals surface area contributed by atoms with Crippen LogP contribution in [0.2, 0.25) is 0 Å². The molecule has 4 aliphatic carbocycles. The number of quaternary nitrogens is 1. The molecule has 0 N–H and O–H groups in total. The van der Waals surface area contributed by atoms with Gasteiger partial charge in [0.1, 0.15) is 25.9 Å². The molecule has 4 aliphatic rings. The van der Waals surface area contributed by atoms with Crippen molar-refractivity contribution < 1.29 is 46.8 Å². The van der Waals surface area contributed by atoms with Crippen molar-refractivity contribution in [2.75, 3.05) is 47.5 Å². The molecule has 10 atom stereocenters. The molecule has 63 heavy (non-hydrogen) atoms. The van der Waals surface area contributed by atoms with Gasteiger partial charge in [0, 0.05) is 12.8 Å². The number of rotatable bonds is 30. The van der Waals surface area contributed by atoms with Crippen LogP contribution >= 0.6 is 7.82 Å². The summed E-state index contributed by atoms with van der Waals surface area (Å²) < 4.78 is 40.5. The van der Waals surface area contributed by atoms with Crippen molar-refractivity contribution in [3.8, 4) is 0 Å². The second-order valence-electron chi connectivity index (χ2n) is 22.5. The van der Waals surface area contributed by atoms with Gasteiger partial charge in [0.2, 0.25) is 0 Å². The van der Waals surface area contributed by atoms with Crippen LogP contribution in [0.25, 0.3) is 0 Å². The maximum atomic E-state index is 13.4. The van der Waals surface area contributed by atoms with Gasteiger partial charge in [0.15, 0.2) is 6.10 Å². The van der Waals surface area contributed by atoms with E-state index in [1.807, 2.05) is 21.1 Å². The van der Waals surface area contributed by atoms with Crippen molar-refractivity contribution in [1.29, 1.82) is 0 Å². The SMILES string of the molecule is CCCCCCCCCCCCCCCC(=O)OC[C@H](COP(=O)([O-])OCC[N+](C)(C)C)OC(=O)OC1CC[C@]2(C)C(=CCC3C2CC[C@]2(C)C3CC[C@H]2[C@@H](C)CCCC(C)C)C1. The molecule has 10 nitrogen and oxygen atoms in total. The number of hydrogen-bond acceptors (Lipinski definition) is 9. The van der Waals surface area contributed by atoms with E-state index in [4.69, 9.17) is 23.3 Å². The Hall–Kier alpha value is -1.45. The minimum atomic E-state index is -4.71. The lowest BCUT2D eigenvalue weighted by Crippen LogP contribution is -2.51. The van der Waals surface area contributed by atoms with Crippen LogP contribution in [0, 0.1) is 46.3 Å². The number of hydrogen-bond donors (Lipinski definition) is 0. The van der Waals surface area contributed by atoms with Crippen LogP contribution in [-0.4, -0.2) is 76.3 Å². The Morgan fingerprint density at radius 3 is 2.10 bits per heavy atom. The number of nitrogens with zero attached hydrogens (tertiary/aromatic N) is 1. The highest BCUT2D eigenvalue weighted by Crippen LogP contribution is 2.67. The van der Waals surface area contributed by atoms with Gasteiger partial charge in [-0.05, 0) is 97.7 Å². The quantitative estimate of drug-likeness (QED) is 0.0228. The van der Waals surface area contributed by atoms with Crippen molar-refractivity contribution >= 4 is 19.9 Å². The Balaban J connectivity index is 1.25. The molecule has 0 amide bonds. The van der Waals surface area contributed by atoms with Crippen LogP contribution in [0.4, 0.5) is 4.79 Å². The highest BCUT2D eigenvalue weighted by Gasteiger charge is 2.59. The molecule has 0 saturated heterocycles. The van der Waals surface area contributed by atoms with E-state index in [9.17, 15) is 19.0 Å². The number of allylic oxidation sites excluding steroid dienone is 1. The van der Waals surface area contributed by atoms with E-state index < -0.39 is 32.7 Å². The van der Waals surface area contributed by atoms with Crippen LogP contribution in [0.15, 0.2) is 11.6 Å². The van der Waals surface area contributed by atoms with Crippen LogP contribution in [0.3, 0.4) is 0 Å². The van der Waals surface area contributed by atoms with Gasteiger partial charge in [0.05, 0.1) is 27.7 Å². The van der Waals surface area contributed by atoms with E-state index in [2.05, 4.69) is 47.6 Å². The molecular formula is C52H94NO9P. The number of carbonyl (C=O) groups excluding carboxylic acids is 2. The molecule has 0 aromatic rings. The van der Waals surface area contributed by atoms with Crippen LogP contribution < -0.4 is 4.89 Å². The number of ether oxygens (including phenoxy) is 3. The van der Waals surface area contributed by atoms with E-state index in [-0.39, 0.29) is 31.2 Å². The molecule has 0 aromatic heterocycles. The average Bonchev–Trinajstić information content (AvgIpc) is 3.57. The van der Waals surface area contributed by atoms with E-state index in [0.29, 0.717) is 41.1 Å². The van der Waals surface area contributed by atoms with Crippen molar-refractivity contribution in [3.05, 3.63) is 11.6 Å². The maximum absolute atomic E-state index is 13.4. The normalized spacial score (nSPS) is 28.9. The number of likely N-dealkylation sites (N-methyl/N-ethyl adjacent to an activating group) is 1. The van der Waals surface area contributed by atoms with Gasteiger partial charge in [-0.25, -0.2) is 4.79 Å². The number of fused-ring (bicyclic) bond motifs is 5. The number of carbonyl (C=O) groups is 2. The fourth-order valence-electron chi connectivity index (χ4n) is 12.4. The van der Waals surface area contributed by atoms with E-state index in [1.165, 1.54) is 115 Å². The van der Waals surface area contributed by atoms with Gasteiger partial charge >= 0.3 is 12.1 Å². The molecule has 11 heteroatoms. The summed E-state index contributed by atoms with van der Waals surface area (Å²) >= 11 is 0. The van der Waals surface area contributed by atoms with Crippen molar-refractivity contribution in [2.45, 2.75) is 214 Å². The summed E-state index contributed by atoms with van der Waals surface area (Å²) in [6.07, 6.45) is 28.9. The van der Waals surface area contributed by atoms with E-state index >= 15 is 0 Å². The Labute approximate surface area is 385 Å². The molecular weight excluding hydrogens is 814 g/mol. The minimum Gasteiger partial charge on any atom is -0.756 e. The molecule has 0 heterocycles. The third-order valence-corrected chi connectivity index (χ3v) is 17.1. The minimum absolute atomic E-state index is 0.0533. The third kappa shape index (κ3) is 17.6. The first-order chi connectivity index (χ1) is 29.9. The zero-order valence-electron chi connectivity index (χ0n) is 41.8. The van der Waals surface area contributed by atoms with Crippen molar-refractivity contribution in [1.82, 2.24) is 0 Å². The molecule has 0 spiro atoms. The lowest BCUT2D eigenvalue weighted by molar-refractivity contribution is -0.870. The van der Waals surface area contributed by atoms with Gasteiger partial charge in [-0.15, -0.1) is 0 Å². The molecule has 0 aliphatic heterocycles. The average molecular weight is 908 g/mol. The molecule has 0 radical (unpaired) electrons. The molecule has 366 valence electrons. The third-order valence-electron chi connectivity index (χ3n) is 16.1. The fraction of sp³-hybridized carbons (Fsp3) is 0.923. The summed E-state index contributed by atoms with van der Waals surface area (Å²) in [6, 6.07) is 0. The number of unbranched alkanes of at least 4 members (excludes halogenated alkanes) is 12. The highest BCUT2D eigenvalue weighted by molar-refractivity contribution is 7.45. The first-order valence-electron chi connectivity index (χ1n) is 26.0. The molecule has 3 fully saturated rings. The van der Waals surface area contributed by atoms with Gasteiger partial charge < -0.3 is 32.6 Å². The molecule has 3 saturated carbocycles. The highest BCUT2D eigenvalue weighted by atomic mass is 31.2. The molecule has 4 rings (SSSR count). The summed E-state index contributed by atoms with van der Waals surface area (Å²) in [7, 11) is 1.09. The number of phosphoric acid groups is 1. The predicted octanol–water partition coefficient (Wildman–Crippen LogP) is 13.2. The standard InChI is InChI=1S/C52H94NO9P/c1-10-11-12-13-14-15-16-17-18-19-20-21-22-26-49(54)58-38-44(39-60-63(56,57)59-36-35-53(7,8)9)62-50(55)61-43-31-33-51(5)42(37-43)27-28-45-47-30-29-46(41(4)25-23-24-40(2)3)52(47,6)34-32-48(45)51/h27,40-41,43-48H,10-26,28-39H2,1-9H3/t41-,43?,44+,45?,46-,47?,48?,51+,52-/m0/s1. The van der Waals surface area contributed by atoms with Crippen molar-refractivity contribution in [3.63, 3.8) is 0 Å². The zero-order chi connectivity index (χ0) is 46.1. The summed E-state index contributed by atoms with van der Waals surface area (Å²) in [5.74, 6) is 4.13. The first-order valence-corrected chi connectivity index (χ1v) is 27.5. The van der Waals surface area contributed by atoms with Gasteiger partial charge in [-0.1, -0.05) is 150 Å². The second kappa shape index (κ2) is 26.2. The van der Waals surface area contributed by atoms with Crippen LogP contribution in [0.5, 0.6) is 0 Å². The molecule has 0 bridgehead atoms. The Kier molecular flexibility index (Phi) is 22.5. The van der Waals surface area contributed by atoms with Crippen LogP contribution in [-0.2, 0) is 32.6 Å². The smallest absolute Gasteiger partial charge is 0.509 e. The molecule has 0 aromatic carbocycles. The monoisotopic (exact) mass is 908 g/mol. The number of phosphoric ester groups is 1. The van der Waals surface area contributed by atoms with Crippen molar-refractivity contribution in [2.24, 2.45) is 46.3 Å². The maximum Gasteiger partial charge on any atom is 0.509 e. The topological polar surface area (TPSA) is 120 Å². The van der Waals surface area contributed by atoms with Gasteiger partial charge in [0.25, 0.3) is 7.82 Å². The summed E-state index contributed by atoms with van der Waals surface area (Å²) in [5, 5.41) is 0. The second-order valence-corrected chi connectivity index (χ2v) is 23.9. The summed E-state index contributed by atoms with van der Waals surface area (Å²) in [6.45, 7) is 14.1. The van der Waals surface area contributed by atoms with E-state index in [1.54, 1.807) is 0 Å². The summed E-state index contributed by atoms with van der Waals surface area (Å²) in [5.41, 5.74) is 1.95. The fourth-order valence-corrected chi connectivity index (χ4v) is 13.1. The Morgan fingerprint density at radius 1 is 0.810 bits per heavy atom. The van der Waals surface area contributed by atoms with Gasteiger partial charge in [-0.3, -0.25) is 9.36 Å². The lowest BCUT2D eigenvalue weighted by Gasteiger charge is -2.58. The Morgan fingerprint density at radius 2 is 1.46 bits per heavy atom. The Bertz CT molecular complexity index is 1450. The molecule has 5 unspecified atom stereocenters. The number of esters is 1. The van der Waals surface area contributed by atoms with E-state index in [0.717, 1.165) is 55.8 Å². The van der Waals surface area contributed by atoms with Crippen LogP contribution in [0.1, 0.15) is 202 Å². The first kappa shape index (κ1) is 54.2. The van der Waals surface area contributed by atoms with Gasteiger partial charge in [-0.2, -0.15) is 0 Å². The zero-order valence-corrected chi connectivity index (χ0v) is 42.7. The lowest BCUT2D eigenvalue weighted by atomic mass is 9.47. The predicted molar refractivity (Wildman–Crippen MR) is 252 cm³/mol. The summed E-state index contributed by atoms with van der Waals surface area (Å²) in [4.78, 5) is 38.8. The largest absolute Gasteiger partial charge is 0.756 e.